The fourth-order valence-electron chi connectivity index (χ4n) is 3.14. The van der Waals surface area contributed by atoms with Crippen LogP contribution >= 0.6 is 0 Å². The minimum Gasteiger partial charge on any atom is -0.452 e. The van der Waals surface area contributed by atoms with Gasteiger partial charge in [-0.25, -0.2) is 0 Å². The van der Waals surface area contributed by atoms with Crippen molar-refractivity contribution in [3.05, 3.63) is 108 Å². The normalized spacial score (nSPS) is 11.9. The quantitative estimate of drug-likeness (QED) is 0.429. The molecule has 0 N–H and O–H groups in total. The van der Waals surface area contributed by atoms with Crippen LogP contribution in [-0.4, -0.2) is 16.2 Å². The van der Waals surface area contributed by atoms with Gasteiger partial charge in [0.2, 0.25) is 5.89 Å². The molecule has 1 atom stereocenters. The molecule has 0 saturated heterocycles. The van der Waals surface area contributed by atoms with Gasteiger partial charge in [-0.15, -0.1) is 10.2 Å². The molecule has 5 heteroatoms. The Balaban J connectivity index is 1.56. The summed E-state index contributed by atoms with van der Waals surface area (Å²) in [5, 5.41) is 8.12. The molecule has 1 unspecified atom stereocenters. The summed E-state index contributed by atoms with van der Waals surface area (Å²) in [5.41, 5.74) is 2.55. The Labute approximate surface area is 169 Å². The number of esters is 1. The van der Waals surface area contributed by atoms with Gasteiger partial charge in [-0.3, -0.25) is 4.79 Å². The van der Waals surface area contributed by atoms with Gasteiger partial charge in [-0.1, -0.05) is 78.9 Å². The molecule has 0 bridgehead atoms. The molecule has 0 aliphatic rings. The molecular formula is C24H20N2O3. The molecule has 3 aromatic carbocycles. The zero-order valence-corrected chi connectivity index (χ0v) is 15.9. The topological polar surface area (TPSA) is 65.2 Å². The third kappa shape index (κ3) is 4.24. The second-order valence-electron chi connectivity index (χ2n) is 6.64. The van der Waals surface area contributed by atoms with Crippen LogP contribution in [0.5, 0.6) is 0 Å². The Bertz CT molecular complexity index is 1020. The van der Waals surface area contributed by atoms with Crippen molar-refractivity contribution < 1.29 is 13.9 Å². The largest absolute Gasteiger partial charge is 0.452 e. The first kappa shape index (κ1) is 18.6. The first-order chi connectivity index (χ1) is 14.2. The van der Waals surface area contributed by atoms with E-state index >= 15 is 0 Å². The molecule has 0 aliphatic carbocycles. The Kier molecular flexibility index (Phi) is 5.47. The average Bonchev–Trinajstić information content (AvgIpc) is 3.27. The smallest absolute Gasteiger partial charge is 0.318 e. The van der Waals surface area contributed by atoms with E-state index in [2.05, 4.69) is 10.2 Å². The molecule has 0 amide bonds. The molecule has 0 spiro atoms. The molecular weight excluding hydrogens is 364 g/mol. The van der Waals surface area contributed by atoms with E-state index in [1.54, 1.807) is 6.92 Å². The minimum absolute atomic E-state index is 0.261. The van der Waals surface area contributed by atoms with Crippen LogP contribution in [0.4, 0.5) is 0 Å². The highest BCUT2D eigenvalue weighted by Crippen LogP contribution is 2.29. The van der Waals surface area contributed by atoms with Gasteiger partial charge >= 0.3 is 5.97 Å². The molecule has 1 aromatic heterocycles. The number of hydrogen-bond acceptors (Lipinski definition) is 5. The molecule has 144 valence electrons. The summed E-state index contributed by atoms with van der Waals surface area (Å²) < 4.78 is 11.4. The number of nitrogens with zero attached hydrogens (tertiary/aromatic N) is 2. The first-order valence-electron chi connectivity index (χ1n) is 9.41. The summed E-state index contributed by atoms with van der Waals surface area (Å²) in [4.78, 5) is 13.1. The number of carbonyl (C=O) groups excluding carboxylic acids is 1. The monoisotopic (exact) mass is 384 g/mol. The van der Waals surface area contributed by atoms with E-state index < -0.39 is 12.0 Å². The lowest BCUT2D eigenvalue weighted by Crippen LogP contribution is -2.19. The lowest BCUT2D eigenvalue weighted by atomic mass is 9.91. The maximum absolute atomic E-state index is 13.1. The summed E-state index contributed by atoms with van der Waals surface area (Å²) in [6, 6.07) is 28.6. The first-order valence-corrected chi connectivity index (χ1v) is 9.41. The average molecular weight is 384 g/mol. The van der Waals surface area contributed by atoms with E-state index in [1.165, 1.54) is 0 Å². The molecule has 29 heavy (non-hydrogen) atoms. The van der Waals surface area contributed by atoms with Gasteiger partial charge in [-0.2, -0.15) is 0 Å². The van der Waals surface area contributed by atoms with E-state index in [0.29, 0.717) is 5.89 Å². The number of benzene rings is 3. The third-order valence-electron chi connectivity index (χ3n) is 4.60. The van der Waals surface area contributed by atoms with Gasteiger partial charge in [0.25, 0.3) is 5.89 Å². The number of hydrogen-bond donors (Lipinski definition) is 0. The second kappa shape index (κ2) is 8.52. The van der Waals surface area contributed by atoms with E-state index in [-0.39, 0.29) is 11.9 Å². The maximum atomic E-state index is 13.1. The lowest BCUT2D eigenvalue weighted by molar-refractivity contribution is -0.150. The van der Waals surface area contributed by atoms with Crippen molar-refractivity contribution in [2.45, 2.75) is 18.9 Å². The van der Waals surface area contributed by atoms with E-state index in [0.717, 1.165) is 16.7 Å². The van der Waals surface area contributed by atoms with Crippen LogP contribution in [0.3, 0.4) is 0 Å². The molecule has 1 heterocycles. The molecule has 5 nitrogen and oxygen atoms in total. The van der Waals surface area contributed by atoms with Crippen LogP contribution in [0, 0.1) is 0 Å². The van der Waals surface area contributed by atoms with Crippen molar-refractivity contribution in [2.24, 2.45) is 0 Å². The molecule has 0 aliphatic heterocycles. The van der Waals surface area contributed by atoms with Crippen molar-refractivity contribution in [1.29, 1.82) is 0 Å². The van der Waals surface area contributed by atoms with Gasteiger partial charge < -0.3 is 9.15 Å². The zero-order valence-electron chi connectivity index (χ0n) is 15.9. The Morgan fingerprint density at radius 2 is 1.31 bits per heavy atom. The fraction of sp³-hybridized carbons (Fsp3) is 0.125. The maximum Gasteiger partial charge on any atom is 0.318 e. The van der Waals surface area contributed by atoms with Crippen molar-refractivity contribution in [3.63, 3.8) is 0 Å². The summed E-state index contributed by atoms with van der Waals surface area (Å²) >= 11 is 0. The van der Waals surface area contributed by atoms with Crippen LogP contribution in [0.1, 0.15) is 36.0 Å². The van der Waals surface area contributed by atoms with Crippen molar-refractivity contribution in [2.75, 3.05) is 0 Å². The highest BCUT2D eigenvalue weighted by molar-refractivity contribution is 5.82. The lowest BCUT2D eigenvalue weighted by Gasteiger charge is -2.19. The van der Waals surface area contributed by atoms with E-state index in [9.17, 15) is 4.79 Å². The van der Waals surface area contributed by atoms with Crippen molar-refractivity contribution in [3.8, 4) is 11.5 Å². The summed E-state index contributed by atoms with van der Waals surface area (Å²) in [7, 11) is 0. The number of carbonyl (C=O) groups is 1. The number of aromatic nitrogens is 2. The van der Waals surface area contributed by atoms with Crippen molar-refractivity contribution >= 4 is 5.97 Å². The van der Waals surface area contributed by atoms with Crippen LogP contribution in [0.15, 0.2) is 95.4 Å². The van der Waals surface area contributed by atoms with Crippen LogP contribution < -0.4 is 0 Å². The van der Waals surface area contributed by atoms with Crippen LogP contribution in [-0.2, 0) is 9.53 Å². The fourth-order valence-corrected chi connectivity index (χ4v) is 3.14. The van der Waals surface area contributed by atoms with Crippen molar-refractivity contribution in [1.82, 2.24) is 10.2 Å². The molecule has 0 fully saturated rings. The molecule has 4 rings (SSSR count). The SMILES string of the molecule is CC(OC(=O)C(c1ccccc1)c1ccccc1)c1nnc(-c2ccccc2)o1. The Hall–Kier alpha value is -3.73. The second-order valence-corrected chi connectivity index (χ2v) is 6.64. The highest BCUT2D eigenvalue weighted by atomic mass is 16.6. The van der Waals surface area contributed by atoms with E-state index in [4.69, 9.17) is 9.15 Å². The van der Waals surface area contributed by atoms with Gasteiger partial charge in [-0.05, 0) is 30.2 Å². The highest BCUT2D eigenvalue weighted by Gasteiger charge is 2.28. The van der Waals surface area contributed by atoms with Crippen LogP contribution in [0.25, 0.3) is 11.5 Å². The zero-order chi connectivity index (χ0) is 20.1. The van der Waals surface area contributed by atoms with Gasteiger partial charge in [0.1, 0.15) is 5.92 Å². The minimum atomic E-state index is -0.664. The molecule has 0 saturated carbocycles. The number of rotatable bonds is 6. The van der Waals surface area contributed by atoms with Crippen LogP contribution in [0.2, 0.25) is 0 Å². The van der Waals surface area contributed by atoms with Gasteiger partial charge in [0.05, 0.1) is 0 Å². The third-order valence-corrected chi connectivity index (χ3v) is 4.60. The van der Waals surface area contributed by atoms with Gasteiger partial charge in [0.15, 0.2) is 6.10 Å². The Morgan fingerprint density at radius 3 is 1.86 bits per heavy atom. The Morgan fingerprint density at radius 1 is 0.793 bits per heavy atom. The number of ether oxygens (including phenoxy) is 1. The summed E-state index contributed by atoms with van der Waals surface area (Å²) in [6.45, 7) is 1.73. The summed E-state index contributed by atoms with van der Waals surface area (Å²) in [5.74, 6) is -0.242. The predicted molar refractivity (Wildman–Crippen MR) is 109 cm³/mol. The van der Waals surface area contributed by atoms with Gasteiger partial charge in [0, 0.05) is 5.56 Å². The molecule has 0 radical (unpaired) electrons. The summed E-state index contributed by atoms with van der Waals surface area (Å²) in [6.07, 6.45) is -0.664. The predicted octanol–water partition coefficient (Wildman–Crippen LogP) is 5.17. The van der Waals surface area contributed by atoms with E-state index in [1.807, 2.05) is 91.0 Å². The molecule has 4 aromatic rings. The standard InChI is InChI=1S/C24H20N2O3/c1-17(22-25-26-23(29-22)20-15-9-4-10-16-20)28-24(27)21(18-11-5-2-6-12-18)19-13-7-3-8-14-19/h2-17,21H,1H3.